The molecule has 0 amide bonds. The predicted molar refractivity (Wildman–Crippen MR) is 483 cm³/mol. The molecule has 0 unspecified atom stereocenters. The van der Waals surface area contributed by atoms with Gasteiger partial charge in [-0.1, -0.05) is 351 Å². The number of hydrogen-bond donors (Lipinski definition) is 0. The molecule has 0 radical (unpaired) electrons. The first-order chi connectivity index (χ1) is 56.9. The molecule has 6 aromatic heterocycles. The number of benzene rings is 14. The summed E-state index contributed by atoms with van der Waals surface area (Å²) in [6, 6.07) is 125. The Balaban J connectivity index is 0.000000128. The molecule has 1 aliphatic rings. The molecule has 20 aromatic rings. The van der Waals surface area contributed by atoms with Crippen molar-refractivity contribution < 1.29 is 9.31 Å². The van der Waals surface area contributed by atoms with Gasteiger partial charge in [0.2, 0.25) is 0 Å². The maximum absolute atomic E-state index is 6.52. The van der Waals surface area contributed by atoms with Crippen LogP contribution < -0.4 is 5.46 Å². The molecule has 0 aliphatic carbocycles. The van der Waals surface area contributed by atoms with E-state index in [9.17, 15) is 0 Å². The number of pyridine rings is 2. The maximum atomic E-state index is 6.52. The van der Waals surface area contributed by atoms with Gasteiger partial charge in [0.15, 0.2) is 34.9 Å². The summed E-state index contributed by atoms with van der Waals surface area (Å²) in [4.78, 5) is 40.6. The number of rotatable bonds is 12. The monoisotopic (exact) mass is 1550 g/mol. The van der Waals surface area contributed by atoms with Gasteiger partial charge in [0.1, 0.15) is 0 Å². The van der Waals surface area contributed by atoms with E-state index in [1.54, 1.807) is 22.7 Å². The summed E-state index contributed by atoms with van der Waals surface area (Å²) in [6.07, 6.45) is 0. The zero-order chi connectivity index (χ0) is 78.3. The number of hydrogen-bond acceptors (Lipinski definition) is 12. The quantitative estimate of drug-likeness (QED) is 0.109. The van der Waals surface area contributed by atoms with Gasteiger partial charge in [-0.15, -0.1) is 22.7 Å². The lowest BCUT2D eigenvalue weighted by molar-refractivity contribution is 0.00578. The fraction of sp³-hybridized carbons (Fsp3) is 0.0588. The first-order valence-corrected chi connectivity index (χ1v) is 40.7. The van der Waals surface area contributed by atoms with E-state index in [1.165, 1.54) is 31.3 Å². The molecule has 1 saturated heterocycles. The Morgan fingerprint density at radius 2 is 0.534 bits per heavy atom. The molecule has 1 fully saturated rings. The zero-order valence-corrected chi connectivity index (χ0v) is 66.2. The van der Waals surface area contributed by atoms with E-state index in [4.69, 9.17) is 60.8 Å². The molecule has 0 bridgehead atoms. The standard InChI is InChI=1S/C48H30N4S.C39H34BN3O2.C15H8ClNS/c1-3-13-31(14-4-1)33-23-27-35(28-24-33)46-50-47(36-29-25-34(26-30-36)32-15-5-2-6-16-32)52-48(51-46)38-18-8-7-17-37(38)43-39-19-9-11-21-41(39)49-44-40-20-10-12-22-42(40)53-45(43)44;1-38(2)39(3,4)45-40(44-38)34-18-12-11-17-33(34)37-42-35(31-23-19-29(20-24-31)27-13-7-5-8-14-27)41-36(43-37)32-25-21-30(22-26-32)28-15-9-6-10-16-28;16-13-9-5-1-3-7-11(9)17-14-10-6-2-4-8-12(10)18-15(13)14/h1-30H;5-26H,1-4H3;1-8H. The van der Waals surface area contributed by atoms with Gasteiger partial charge < -0.3 is 9.31 Å². The Labute approximate surface area is 685 Å². The van der Waals surface area contributed by atoms with Crippen LogP contribution in [-0.2, 0) is 9.31 Å². The van der Waals surface area contributed by atoms with Gasteiger partial charge in [-0.05, 0) is 107 Å². The molecule has 1 aliphatic heterocycles. The highest BCUT2D eigenvalue weighted by Gasteiger charge is 2.52. The van der Waals surface area contributed by atoms with Crippen molar-refractivity contribution in [3.8, 4) is 124 Å². The van der Waals surface area contributed by atoms with E-state index in [-0.39, 0.29) is 0 Å². The number of fused-ring (bicyclic) bond motifs is 8. The van der Waals surface area contributed by atoms with E-state index in [1.807, 2.05) is 109 Å². The first-order valence-electron chi connectivity index (χ1n) is 38.6. The largest absolute Gasteiger partial charge is 0.495 e. The van der Waals surface area contributed by atoms with Crippen molar-refractivity contribution >= 4 is 109 Å². The van der Waals surface area contributed by atoms with E-state index in [2.05, 4.69) is 282 Å². The minimum Gasteiger partial charge on any atom is -0.399 e. The molecule has 0 atom stereocenters. The third-order valence-corrected chi connectivity index (χ3v) is 24.6. The highest BCUT2D eigenvalue weighted by molar-refractivity contribution is 7.26. The molecular weight excluding hydrogens is 1480 g/mol. The Morgan fingerprint density at radius 3 is 0.957 bits per heavy atom. The van der Waals surface area contributed by atoms with E-state index >= 15 is 0 Å². The van der Waals surface area contributed by atoms with Gasteiger partial charge in [-0.2, -0.15) is 0 Å². The minimum absolute atomic E-state index is 0.471. The summed E-state index contributed by atoms with van der Waals surface area (Å²) < 4.78 is 17.6. The van der Waals surface area contributed by atoms with E-state index in [0.717, 1.165) is 131 Å². The average Bonchev–Trinajstić information content (AvgIpc) is 1.74. The van der Waals surface area contributed by atoms with Gasteiger partial charge >= 0.3 is 7.12 Å². The van der Waals surface area contributed by atoms with Crippen LogP contribution in [0.15, 0.2) is 364 Å². The van der Waals surface area contributed by atoms with Gasteiger partial charge in [0, 0.05) is 69.9 Å². The van der Waals surface area contributed by atoms with Crippen LogP contribution in [0.25, 0.3) is 186 Å². The highest BCUT2D eigenvalue weighted by atomic mass is 35.5. The Bertz CT molecular complexity index is 6800. The summed E-state index contributed by atoms with van der Waals surface area (Å²) in [7, 11) is -0.551. The van der Waals surface area contributed by atoms with Crippen LogP contribution in [0.4, 0.5) is 0 Å². The molecule has 21 rings (SSSR count). The molecule has 0 spiro atoms. The maximum Gasteiger partial charge on any atom is 0.495 e. The smallest absolute Gasteiger partial charge is 0.399 e. The van der Waals surface area contributed by atoms with Crippen LogP contribution in [0.2, 0.25) is 5.02 Å². The lowest BCUT2D eigenvalue weighted by atomic mass is 9.75. The van der Waals surface area contributed by atoms with Gasteiger partial charge in [0.05, 0.1) is 47.7 Å². The Hall–Kier alpha value is -13.4. The van der Waals surface area contributed by atoms with Crippen molar-refractivity contribution in [2.45, 2.75) is 38.9 Å². The van der Waals surface area contributed by atoms with Gasteiger partial charge in [-0.3, -0.25) is 0 Å². The number of aromatic nitrogens is 8. The van der Waals surface area contributed by atoms with Crippen LogP contribution in [0, 0.1) is 0 Å². The van der Waals surface area contributed by atoms with Crippen LogP contribution >= 0.6 is 34.3 Å². The van der Waals surface area contributed by atoms with Crippen molar-refractivity contribution in [2.24, 2.45) is 0 Å². The fourth-order valence-electron chi connectivity index (χ4n) is 14.9. The normalized spacial score (nSPS) is 12.9. The lowest BCUT2D eigenvalue weighted by Gasteiger charge is -2.32. The Morgan fingerprint density at radius 1 is 0.250 bits per heavy atom. The SMILES string of the molecule is CC1(C)OB(c2ccccc2-c2nc(-c3ccc(-c4ccccc4)cc3)nc(-c3ccc(-c4ccccc4)cc3)n2)OC1(C)C.Clc1c2ccccc2nc2c1sc1ccccc12.c1ccc(-c2ccc(-c3nc(-c4ccc(-c5ccccc5)cc4)nc(-c4ccccc4-c4c5ccccc5nc5c4sc4ccccc45)n3)cc2)cc1. The van der Waals surface area contributed by atoms with Gasteiger partial charge in [0.25, 0.3) is 0 Å². The lowest BCUT2D eigenvalue weighted by Crippen LogP contribution is -2.41. The molecule has 116 heavy (non-hydrogen) atoms. The summed E-state index contributed by atoms with van der Waals surface area (Å²) in [5.74, 6) is 3.64. The predicted octanol–water partition coefficient (Wildman–Crippen LogP) is 26.6. The second kappa shape index (κ2) is 31.2. The van der Waals surface area contributed by atoms with Crippen molar-refractivity contribution in [2.75, 3.05) is 0 Å². The van der Waals surface area contributed by atoms with Crippen molar-refractivity contribution in [1.82, 2.24) is 39.9 Å². The molecule has 14 heteroatoms. The Kier molecular flexibility index (Phi) is 19.6. The summed E-state index contributed by atoms with van der Waals surface area (Å²) >= 11 is 10.0. The first kappa shape index (κ1) is 72.9. The second-order valence-corrected chi connectivity index (χ2v) is 32.1. The molecule has 0 saturated carbocycles. The number of para-hydroxylation sites is 2. The van der Waals surface area contributed by atoms with Crippen LogP contribution in [0.3, 0.4) is 0 Å². The molecular formula is C102H72BClN8O2S2. The molecule has 14 aromatic carbocycles. The average molecular weight is 1550 g/mol. The van der Waals surface area contributed by atoms with Crippen molar-refractivity contribution in [3.63, 3.8) is 0 Å². The van der Waals surface area contributed by atoms with Crippen molar-refractivity contribution in [3.05, 3.63) is 369 Å². The second-order valence-electron chi connectivity index (χ2n) is 29.6. The number of nitrogens with zero attached hydrogens (tertiary/aromatic N) is 8. The minimum atomic E-state index is -0.551. The van der Waals surface area contributed by atoms with E-state index in [0.29, 0.717) is 34.9 Å². The van der Waals surface area contributed by atoms with Crippen molar-refractivity contribution in [1.29, 1.82) is 0 Å². The third-order valence-electron chi connectivity index (χ3n) is 21.8. The fourth-order valence-corrected chi connectivity index (χ4v) is 17.6. The molecule has 7 heterocycles. The highest BCUT2D eigenvalue weighted by Crippen LogP contribution is 2.47. The zero-order valence-electron chi connectivity index (χ0n) is 63.8. The summed E-state index contributed by atoms with van der Waals surface area (Å²) in [5.41, 5.74) is 20.8. The number of thiophene rings is 2. The molecule has 554 valence electrons. The topological polar surface area (TPSA) is 122 Å². The van der Waals surface area contributed by atoms with Gasteiger partial charge in [-0.25, -0.2) is 39.9 Å². The number of halogens is 1. The van der Waals surface area contributed by atoms with E-state index < -0.39 is 18.3 Å². The third kappa shape index (κ3) is 14.4. The summed E-state index contributed by atoms with van der Waals surface area (Å²) in [5, 5.41) is 5.29. The van der Waals surface area contributed by atoms with Crippen LogP contribution in [-0.4, -0.2) is 58.2 Å². The van der Waals surface area contributed by atoms with Crippen LogP contribution in [0.1, 0.15) is 27.7 Å². The molecule has 0 N–H and O–H groups in total. The summed E-state index contributed by atoms with van der Waals surface area (Å²) in [6.45, 7) is 8.25. The van der Waals surface area contributed by atoms with Crippen LogP contribution in [0.5, 0.6) is 0 Å². The molecule has 10 nitrogen and oxygen atoms in total.